The standard InChI is InChI=1S/C25H35NO2/c1-16(27)20-8-9-21-19-7-6-17-14-18(26-12-4-5-13-26)10-11-24(17,2)23(19)22(28)15-25(20,21)3/h6,14,19-21,23H,4-5,7-13,15H2,1-3H3/t19-,20+,21-,23+,24-,25+/m0/s1. The predicted octanol–water partition coefficient (Wildman–Crippen LogP) is 4.92. The van der Waals surface area contributed by atoms with E-state index in [1.54, 1.807) is 6.92 Å². The highest BCUT2D eigenvalue weighted by Crippen LogP contribution is 2.65. The van der Waals surface area contributed by atoms with Gasteiger partial charge in [-0.3, -0.25) is 9.59 Å². The van der Waals surface area contributed by atoms with Gasteiger partial charge >= 0.3 is 0 Å². The van der Waals surface area contributed by atoms with E-state index in [-0.39, 0.29) is 22.7 Å². The number of rotatable bonds is 2. The van der Waals surface area contributed by atoms with Crippen molar-refractivity contribution in [1.82, 2.24) is 4.90 Å². The lowest BCUT2D eigenvalue weighted by atomic mass is 9.47. The Balaban J connectivity index is 1.49. The zero-order valence-corrected chi connectivity index (χ0v) is 17.8. The van der Waals surface area contributed by atoms with Crippen molar-refractivity contribution in [1.29, 1.82) is 0 Å². The predicted molar refractivity (Wildman–Crippen MR) is 111 cm³/mol. The lowest BCUT2D eigenvalue weighted by molar-refractivity contribution is -0.145. The van der Waals surface area contributed by atoms with Crippen molar-refractivity contribution in [3.8, 4) is 0 Å². The quantitative estimate of drug-likeness (QED) is 0.681. The summed E-state index contributed by atoms with van der Waals surface area (Å²) in [7, 11) is 0. The zero-order valence-electron chi connectivity index (χ0n) is 17.8. The number of hydrogen-bond donors (Lipinski definition) is 0. The van der Waals surface area contributed by atoms with Crippen LogP contribution in [0, 0.1) is 34.5 Å². The van der Waals surface area contributed by atoms with E-state index in [9.17, 15) is 9.59 Å². The smallest absolute Gasteiger partial charge is 0.137 e. The van der Waals surface area contributed by atoms with Gasteiger partial charge in [0.05, 0.1) is 0 Å². The maximum Gasteiger partial charge on any atom is 0.137 e. The van der Waals surface area contributed by atoms with E-state index < -0.39 is 0 Å². The minimum atomic E-state index is -0.100. The summed E-state index contributed by atoms with van der Waals surface area (Å²) in [6, 6.07) is 0. The van der Waals surface area contributed by atoms with Gasteiger partial charge < -0.3 is 4.90 Å². The fourth-order valence-electron chi connectivity index (χ4n) is 8.07. The number of carbonyl (C=O) groups is 2. The van der Waals surface area contributed by atoms with Gasteiger partial charge in [-0.2, -0.15) is 0 Å². The molecule has 3 fully saturated rings. The molecule has 6 atom stereocenters. The molecule has 4 aliphatic carbocycles. The first-order valence-corrected chi connectivity index (χ1v) is 11.5. The monoisotopic (exact) mass is 381 g/mol. The van der Waals surface area contributed by atoms with Crippen LogP contribution in [-0.4, -0.2) is 29.6 Å². The van der Waals surface area contributed by atoms with Crippen LogP contribution < -0.4 is 0 Å². The lowest BCUT2D eigenvalue weighted by Crippen LogP contribution is -2.54. The first-order valence-electron chi connectivity index (χ1n) is 11.5. The molecule has 5 aliphatic rings. The van der Waals surface area contributed by atoms with Gasteiger partial charge in [0.1, 0.15) is 11.6 Å². The summed E-state index contributed by atoms with van der Waals surface area (Å²) in [4.78, 5) is 28.4. The van der Waals surface area contributed by atoms with Gasteiger partial charge in [-0.25, -0.2) is 0 Å². The van der Waals surface area contributed by atoms with E-state index in [2.05, 4.69) is 30.9 Å². The molecule has 1 saturated heterocycles. The third-order valence-corrected chi connectivity index (χ3v) is 9.44. The van der Waals surface area contributed by atoms with Crippen molar-refractivity contribution in [2.75, 3.05) is 13.1 Å². The molecule has 0 N–H and O–H groups in total. The molecule has 1 heterocycles. The fraction of sp³-hybridized carbons (Fsp3) is 0.760. The molecular formula is C25H35NO2. The van der Waals surface area contributed by atoms with Crippen LogP contribution in [0.25, 0.3) is 0 Å². The molecule has 0 unspecified atom stereocenters. The molecule has 1 aliphatic heterocycles. The highest BCUT2D eigenvalue weighted by molar-refractivity contribution is 5.87. The lowest BCUT2D eigenvalue weighted by Gasteiger charge is -2.56. The third-order valence-electron chi connectivity index (χ3n) is 9.44. The first kappa shape index (κ1) is 18.6. The van der Waals surface area contributed by atoms with Crippen molar-refractivity contribution in [2.24, 2.45) is 34.5 Å². The number of ketones is 2. The minimum absolute atomic E-state index is 0.00113. The molecule has 0 aromatic rings. The fourth-order valence-corrected chi connectivity index (χ4v) is 8.07. The molecule has 0 bridgehead atoms. The molecule has 152 valence electrons. The summed E-state index contributed by atoms with van der Waals surface area (Å²) in [6.07, 6.45) is 13.5. The third kappa shape index (κ3) is 2.47. The van der Waals surface area contributed by atoms with E-state index >= 15 is 0 Å². The highest BCUT2D eigenvalue weighted by Gasteiger charge is 2.62. The second-order valence-corrected chi connectivity index (χ2v) is 10.8. The van der Waals surface area contributed by atoms with Crippen LogP contribution >= 0.6 is 0 Å². The average molecular weight is 382 g/mol. The Labute approximate surface area is 169 Å². The topological polar surface area (TPSA) is 37.4 Å². The molecular weight excluding hydrogens is 346 g/mol. The van der Waals surface area contributed by atoms with Crippen LogP contribution in [0.4, 0.5) is 0 Å². The Kier molecular flexibility index (Phi) is 4.20. The van der Waals surface area contributed by atoms with Crippen molar-refractivity contribution in [3.05, 3.63) is 23.4 Å². The Morgan fingerprint density at radius 2 is 1.93 bits per heavy atom. The number of fused-ring (bicyclic) bond motifs is 5. The first-order chi connectivity index (χ1) is 13.3. The molecule has 0 spiro atoms. The van der Waals surface area contributed by atoms with Crippen LogP contribution in [0.15, 0.2) is 23.4 Å². The zero-order chi connectivity index (χ0) is 19.7. The molecule has 0 amide bonds. The van der Waals surface area contributed by atoms with Crippen LogP contribution in [0.2, 0.25) is 0 Å². The average Bonchev–Trinajstić information content (AvgIpc) is 3.27. The van der Waals surface area contributed by atoms with Gasteiger partial charge in [0, 0.05) is 42.5 Å². The van der Waals surface area contributed by atoms with Gasteiger partial charge in [-0.1, -0.05) is 19.9 Å². The summed E-state index contributed by atoms with van der Waals surface area (Å²) in [5.74, 6) is 1.96. The molecule has 0 radical (unpaired) electrons. The van der Waals surface area contributed by atoms with E-state index in [0.29, 0.717) is 29.8 Å². The van der Waals surface area contributed by atoms with Crippen LogP contribution in [0.5, 0.6) is 0 Å². The molecule has 0 aromatic heterocycles. The summed E-state index contributed by atoms with van der Waals surface area (Å²) in [5.41, 5.74) is 2.83. The number of allylic oxidation sites excluding steroid dienone is 4. The van der Waals surface area contributed by atoms with Crippen molar-refractivity contribution >= 4 is 11.6 Å². The molecule has 2 saturated carbocycles. The molecule has 3 heteroatoms. The Morgan fingerprint density at radius 1 is 1.18 bits per heavy atom. The summed E-state index contributed by atoms with van der Waals surface area (Å²) in [5, 5.41) is 0. The van der Waals surface area contributed by atoms with Gasteiger partial charge in [0.2, 0.25) is 0 Å². The van der Waals surface area contributed by atoms with E-state index in [1.165, 1.54) is 37.2 Å². The van der Waals surface area contributed by atoms with E-state index in [4.69, 9.17) is 0 Å². The van der Waals surface area contributed by atoms with Crippen LogP contribution in [0.1, 0.15) is 72.1 Å². The van der Waals surface area contributed by atoms with Gasteiger partial charge in [0.25, 0.3) is 0 Å². The largest absolute Gasteiger partial charge is 0.375 e. The number of hydrogen-bond acceptors (Lipinski definition) is 3. The molecule has 3 nitrogen and oxygen atoms in total. The maximum absolute atomic E-state index is 13.6. The Hall–Kier alpha value is -1.38. The number of nitrogens with zero attached hydrogens (tertiary/aromatic N) is 1. The summed E-state index contributed by atoms with van der Waals surface area (Å²) >= 11 is 0. The molecule has 5 rings (SSSR count). The van der Waals surface area contributed by atoms with Crippen LogP contribution in [-0.2, 0) is 9.59 Å². The second kappa shape index (κ2) is 6.31. The maximum atomic E-state index is 13.6. The number of likely N-dealkylation sites (tertiary alicyclic amines) is 1. The van der Waals surface area contributed by atoms with Crippen molar-refractivity contribution in [3.63, 3.8) is 0 Å². The minimum Gasteiger partial charge on any atom is -0.375 e. The Morgan fingerprint density at radius 3 is 2.64 bits per heavy atom. The second-order valence-electron chi connectivity index (χ2n) is 10.8. The SMILES string of the molecule is CC(=O)[C@H]1CC[C@H]2[C@@H]3CC=C4C=C(N5CCCC5)CC[C@]4(C)[C@H]3C(=O)C[C@]12C. The van der Waals surface area contributed by atoms with Gasteiger partial charge in [0.15, 0.2) is 0 Å². The van der Waals surface area contributed by atoms with Crippen molar-refractivity contribution < 1.29 is 9.59 Å². The van der Waals surface area contributed by atoms with E-state index in [0.717, 1.165) is 32.1 Å². The Bertz CT molecular complexity index is 773. The summed E-state index contributed by atoms with van der Waals surface area (Å²) < 4.78 is 0. The number of carbonyl (C=O) groups excluding carboxylic acids is 2. The molecule has 0 aromatic carbocycles. The van der Waals surface area contributed by atoms with Crippen LogP contribution in [0.3, 0.4) is 0 Å². The normalized spacial score (nSPS) is 45.1. The van der Waals surface area contributed by atoms with Gasteiger partial charge in [-0.05, 0) is 80.8 Å². The summed E-state index contributed by atoms with van der Waals surface area (Å²) in [6.45, 7) is 8.76. The van der Waals surface area contributed by atoms with E-state index in [1.807, 2.05) is 0 Å². The number of Topliss-reactive ketones (excluding diaryl/α,β-unsaturated/α-hetero) is 2. The van der Waals surface area contributed by atoms with Crippen molar-refractivity contribution in [2.45, 2.75) is 72.1 Å². The molecule has 28 heavy (non-hydrogen) atoms. The highest BCUT2D eigenvalue weighted by atomic mass is 16.1. The van der Waals surface area contributed by atoms with Gasteiger partial charge in [-0.15, -0.1) is 0 Å².